The number of nitrogens with one attached hydrogen (secondary N) is 2. The molecule has 0 saturated carbocycles. The standard InChI is InChI=1S/C10H20N2O4S/c1-15-10-6-11-5-9(10)12-17(13,14)7-8-3-2-4-16-8/h8-12H,2-7H2,1H3/t8?,9?,10-/m0/s1. The minimum absolute atomic E-state index is 0.0555. The number of hydrogen-bond acceptors (Lipinski definition) is 5. The van der Waals surface area contributed by atoms with Gasteiger partial charge in [-0.05, 0) is 12.8 Å². The maximum atomic E-state index is 11.9. The second-order valence-corrected chi connectivity index (χ2v) is 6.37. The van der Waals surface area contributed by atoms with Gasteiger partial charge < -0.3 is 14.8 Å². The van der Waals surface area contributed by atoms with Crippen LogP contribution in [0.3, 0.4) is 0 Å². The Kier molecular flexibility index (Phi) is 4.37. The highest BCUT2D eigenvalue weighted by atomic mass is 32.2. The zero-order chi connectivity index (χ0) is 12.3. The van der Waals surface area contributed by atoms with Gasteiger partial charge >= 0.3 is 0 Å². The predicted molar refractivity (Wildman–Crippen MR) is 63.4 cm³/mol. The van der Waals surface area contributed by atoms with Crippen LogP contribution in [0.25, 0.3) is 0 Å². The first-order valence-electron chi connectivity index (χ1n) is 5.96. The van der Waals surface area contributed by atoms with Crippen LogP contribution in [0.2, 0.25) is 0 Å². The Hall–Kier alpha value is -0.210. The van der Waals surface area contributed by atoms with Crippen LogP contribution in [0.15, 0.2) is 0 Å². The van der Waals surface area contributed by atoms with E-state index in [1.54, 1.807) is 7.11 Å². The molecule has 0 amide bonds. The molecule has 100 valence electrons. The summed E-state index contributed by atoms with van der Waals surface area (Å²) >= 11 is 0. The van der Waals surface area contributed by atoms with E-state index in [-0.39, 0.29) is 24.0 Å². The van der Waals surface area contributed by atoms with Gasteiger partial charge in [0.15, 0.2) is 0 Å². The van der Waals surface area contributed by atoms with Crippen molar-refractivity contribution in [1.29, 1.82) is 0 Å². The van der Waals surface area contributed by atoms with Gasteiger partial charge in [-0.3, -0.25) is 0 Å². The van der Waals surface area contributed by atoms with Gasteiger partial charge in [0.25, 0.3) is 0 Å². The highest BCUT2D eigenvalue weighted by Crippen LogP contribution is 2.14. The van der Waals surface area contributed by atoms with Crippen LogP contribution < -0.4 is 10.0 Å². The van der Waals surface area contributed by atoms with Gasteiger partial charge in [-0.2, -0.15) is 0 Å². The van der Waals surface area contributed by atoms with Gasteiger partial charge in [0.1, 0.15) is 0 Å². The van der Waals surface area contributed by atoms with Crippen molar-refractivity contribution in [1.82, 2.24) is 10.0 Å². The smallest absolute Gasteiger partial charge is 0.214 e. The van der Waals surface area contributed by atoms with E-state index in [0.717, 1.165) is 12.8 Å². The van der Waals surface area contributed by atoms with E-state index in [2.05, 4.69) is 10.0 Å². The zero-order valence-corrected chi connectivity index (χ0v) is 10.8. The number of hydrogen-bond donors (Lipinski definition) is 2. The van der Waals surface area contributed by atoms with Gasteiger partial charge in [0.2, 0.25) is 10.0 Å². The first kappa shape index (κ1) is 13.2. The summed E-state index contributed by atoms with van der Waals surface area (Å²) in [5.74, 6) is 0.0555. The lowest BCUT2D eigenvalue weighted by Crippen LogP contribution is -2.45. The van der Waals surface area contributed by atoms with Crippen molar-refractivity contribution in [2.45, 2.75) is 31.1 Å². The molecule has 3 atom stereocenters. The van der Waals surface area contributed by atoms with Crippen molar-refractivity contribution in [2.24, 2.45) is 0 Å². The molecule has 2 heterocycles. The fourth-order valence-corrected chi connectivity index (χ4v) is 3.86. The lowest BCUT2D eigenvalue weighted by molar-refractivity contribution is 0.102. The minimum Gasteiger partial charge on any atom is -0.378 e. The molecule has 0 spiro atoms. The summed E-state index contributed by atoms with van der Waals surface area (Å²) in [5.41, 5.74) is 0. The zero-order valence-electron chi connectivity index (χ0n) is 10.0. The van der Waals surface area contributed by atoms with Crippen molar-refractivity contribution in [3.05, 3.63) is 0 Å². The molecule has 0 bridgehead atoms. The molecule has 7 heteroatoms. The van der Waals surface area contributed by atoms with Crippen LogP contribution in [0.5, 0.6) is 0 Å². The normalized spacial score (nSPS) is 34.3. The molecule has 2 fully saturated rings. The van der Waals surface area contributed by atoms with Crippen LogP contribution in [-0.2, 0) is 19.5 Å². The summed E-state index contributed by atoms with van der Waals surface area (Å²) in [6.45, 7) is 1.97. The minimum atomic E-state index is -3.29. The fraction of sp³-hybridized carbons (Fsp3) is 1.00. The molecule has 17 heavy (non-hydrogen) atoms. The first-order valence-corrected chi connectivity index (χ1v) is 7.61. The molecule has 0 aliphatic carbocycles. The molecule has 2 aliphatic heterocycles. The molecular formula is C10H20N2O4S. The Balaban J connectivity index is 1.87. The summed E-state index contributed by atoms with van der Waals surface area (Å²) in [4.78, 5) is 0. The van der Waals surface area contributed by atoms with Gasteiger partial charge in [-0.1, -0.05) is 0 Å². The Morgan fingerprint density at radius 3 is 2.94 bits per heavy atom. The molecule has 0 aromatic carbocycles. The Morgan fingerprint density at radius 2 is 2.29 bits per heavy atom. The molecule has 2 N–H and O–H groups in total. The maximum Gasteiger partial charge on any atom is 0.214 e. The second-order valence-electron chi connectivity index (χ2n) is 4.57. The van der Waals surface area contributed by atoms with Crippen molar-refractivity contribution in [2.75, 3.05) is 32.6 Å². The van der Waals surface area contributed by atoms with Crippen molar-refractivity contribution in [3.63, 3.8) is 0 Å². The first-order chi connectivity index (χ1) is 8.11. The molecule has 2 rings (SSSR count). The number of rotatable bonds is 5. The van der Waals surface area contributed by atoms with E-state index < -0.39 is 10.0 Å². The highest BCUT2D eigenvalue weighted by Gasteiger charge is 2.32. The van der Waals surface area contributed by atoms with Crippen LogP contribution in [0.4, 0.5) is 0 Å². The van der Waals surface area contributed by atoms with Crippen molar-refractivity contribution >= 4 is 10.0 Å². The third-order valence-corrected chi connectivity index (χ3v) is 4.69. The Labute approximate surface area is 102 Å². The molecule has 2 aliphatic rings. The Bertz CT molecular complexity index is 340. The van der Waals surface area contributed by atoms with E-state index in [9.17, 15) is 8.42 Å². The molecule has 2 unspecified atom stereocenters. The van der Waals surface area contributed by atoms with E-state index in [0.29, 0.717) is 19.7 Å². The Morgan fingerprint density at radius 1 is 1.47 bits per heavy atom. The average Bonchev–Trinajstić information content (AvgIpc) is 2.87. The molecule has 2 saturated heterocycles. The van der Waals surface area contributed by atoms with Crippen molar-refractivity contribution < 1.29 is 17.9 Å². The van der Waals surface area contributed by atoms with Crippen LogP contribution in [0, 0.1) is 0 Å². The summed E-state index contributed by atoms with van der Waals surface area (Å²) in [6, 6.07) is -0.175. The summed E-state index contributed by atoms with van der Waals surface area (Å²) in [6.07, 6.45) is 1.54. The number of methoxy groups -OCH3 is 1. The predicted octanol–water partition coefficient (Wildman–Crippen LogP) is -0.928. The third-order valence-electron chi connectivity index (χ3n) is 3.22. The molecular weight excluding hydrogens is 244 g/mol. The monoisotopic (exact) mass is 264 g/mol. The SMILES string of the molecule is CO[C@H]1CNCC1NS(=O)(=O)CC1CCCO1. The summed E-state index contributed by atoms with van der Waals surface area (Å²) in [5, 5.41) is 3.11. The lowest BCUT2D eigenvalue weighted by atomic mass is 10.2. The van der Waals surface area contributed by atoms with E-state index in [4.69, 9.17) is 9.47 Å². The van der Waals surface area contributed by atoms with E-state index >= 15 is 0 Å². The van der Waals surface area contributed by atoms with Crippen molar-refractivity contribution in [3.8, 4) is 0 Å². The van der Waals surface area contributed by atoms with E-state index in [1.165, 1.54) is 0 Å². The summed E-state index contributed by atoms with van der Waals surface area (Å²) < 4.78 is 37.1. The maximum absolute atomic E-state index is 11.9. The van der Waals surface area contributed by atoms with Gasteiger partial charge in [-0.25, -0.2) is 13.1 Å². The van der Waals surface area contributed by atoms with Crippen LogP contribution in [0.1, 0.15) is 12.8 Å². The van der Waals surface area contributed by atoms with Crippen LogP contribution >= 0.6 is 0 Å². The van der Waals surface area contributed by atoms with Gasteiger partial charge in [0.05, 0.1) is 24.0 Å². The quantitative estimate of drug-likeness (QED) is 0.671. The van der Waals surface area contributed by atoms with E-state index in [1.807, 2.05) is 0 Å². The molecule has 6 nitrogen and oxygen atoms in total. The third kappa shape index (κ3) is 3.62. The highest BCUT2D eigenvalue weighted by molar-refractivity contribution is 7.89. The fourth-order valence-electron chi connectivity index (χ4n) is 2.32. The molecule has 0 radical (unpaired) electrons. The average molecular weight is 264 g/mol. The van der Waals surface area contributed by atoms with Crippen LogP contribution in [-0.4, -0.2) is 59.2 Å². The largest absolute Gasteiger partial charge is 0.378 e. The molecule has 0 aromatic heterocycles. The topological polar surface area (TPSA) is 76.7 Å². The molecule has 0 aromatic rings. The van der Waals surface area contributed by atoms with Gasteiger partial charge in [0, 0.05) is 26.8 Å². The number of sulfonamides is 1. The lowest BCUT2D eigenvalue weighted by Gasteiger charge is -2.19. The van der Waals surface area contributed by atoms with Gasteiger partial charge in [-0.15, -0.1) is 0 Å². The second kappa shape index (κ2) is 5.62. The number of ether oxygens (including phenoxy) is 2. The summed E-state index contributed by atoms with van der Waals surface area (Å²) in [7, 11) is -1.69.